The molecule has 35 heavy (non-hydrogen) atoms. The lowest BCUT2D eigenvalue weighted by atomic mass is 9.95. The number of imidazole rings is 1. The first-order chi connectivity index (χ1) is 17.0. The summed E-state index contributed by atoms with van der Waals surface area (Å²) in [4.78, 5) is 24.5. The Morgan fingerprint density at radius 2 is 1.83 bits per heavy atom. The highest BCUT2D eigenvalue weighted by Gasteiger charge is 2.28. The summed E-state index contributed by atoms with van der Waals surface area (Å²) in [6.07, 6.45) is 5.73. The van der Waals surface area contributed by atoms with Gasteiger partial charge in [-0.15, -0.1) is 0 Å². The maximum absolute atomic E-state index is 13.3. The molecule has 2 aromatic carbocycles. The number of para-hydroxylation sites is 1. The molecule has 0 radical (unpaired) electrons. The zero-order valence-corrected chi connectivity index (χ0v) is 20.6. The molecule has 180 valence electrons. The second-order valence-electron chi connectivity index (χ2n) is 9.60. The largest absolute Gasteiger partial charge is 0.496 e. The molecule has 4 aromatic rings. The second kappa shape index (κ2) is 9.90. The first kappa shape index (κ1) is 23.1. The molecule has 1 aliphatic rings. The molecule has 1 fully saturated rings. The van der Waals surface area contributed by atoms with Crippen molar-refractivity contribution >= 4 is 16.8 Å². The molecule has 5 rings (SSSR count). The van der Waals surface area contributed by atoms with Crippen molar-refractivity contribution in [2.75, 3.05) is 20.2 Å². The minimum absolute atomic E-state index is 0.0407. The van der Waals surface area contributed by atoms with Gasteiger partial charge >= 0.3 is 0 Å². The van der Waals surface area contributed by atoms with E-state index < -0.39 is 0 Å². The highest BCUT2D eigenvalue weighted by molar-refractivity contribution is 5.97. The third kappa shape index (κ3) is 4.78. The molecule has 0 saturated carbocycles. The Labute approximate surface area is 206 Å². The van der Waals surface area contributed by atoms with Gasteiger partial charge in [-0.1, -0.05) is 50.2 Å². The number of aromatic nitrogens is 3. The van der Waals surface area contributed by atoms with E-state index in [1.165, 1.54) is 11.1 Å². The Hall–Kier alpha value is -3.67. The molecule has 2 aromatic heterocycles. The number of piperidine rings is 1. The van der Waals surface area contributed by atoms with E-state index in [1.807, 2.05) is 35.4 Å². The fourth-order valence-electron chi connectivity index (χ4n) is 4.94. The minimum atomic E-state index is -0.0407. The number of hydrogen-bond acceptors (Lipinski definition) is 4. The zero-order valence-electron chi connectivity index (χ0n) is 20.6. The number of ether oxygens (including phenoxy) is 1. The van der Waals surface area contributed by atoms with Gasteiger partial charge in [0.2, 0.25) is 0 Å². The summed E-state index contributed by atoms with van der Waals surface area (Å²) in [6, 6.07) is 18.4. The summed E-state index contributed by atoms with van der Waals surface area (Å²) in [5.41, 5.74) is 3.84. The summed E-state index contributed by atoms with van der Waals surface area (Å²) in [5, 5.41) is 0.913. The third-order valence-corrected chi connectivity index (χ3v) is 7.01. The van der Waals surface area contributed by atoms with E-state index in [2.05, 4.69) is 53.9 Å². The average Bonchev–Trinajstić information content (AvgIpc) is 3.36. The normalized spacial score (nSPS) is 14.6. The van der Waals surface area contributed by atoms with Crippen LogP contribution in [0.4, 0.5) is 0 Å². The van der Waals surface area contributed by atoms with Crippen LogP contribution in [0.2, 0.25) is 0 Å². The SMILES string of the molecule is COc1cc(C(=O)N2CCC(c3nccn3Cc3ccc(C(C)C)cc3)CC2)nc2ccccc12. The second-order valence-corrected chi connectivity index (χ2v) is 9.60. The molecule has 0 N–H and O–H groups in total. The highest BCUT2D eigenvalue weighted by Crippen LogP contribution is 2.30. The molecule has 0 unspecified atom stereocenters. The van der Waals surface area contributed by atoms with Crippen molar-refractivity contribution < 1.29 is 9.53 Å². The molecular formula is C29H32N4O2. The Morgan fingerprint density at radius 3 is 2.54 bits per heavy atom. The van der Waals surface area contributed by atoms with Gasteiger partial charge in [0.05, 0.1) is 12.6 Å². The number of amides is 1. The number of methoxy groups -OCH3 is 1. The molecule has 1 aliphatic heterocycles. The van der Waals surface area contributed by atoms with Crippen LogP contribution in [-0.2, 0) is 6.54 Å². The smallest absolute Gasteiger partial charge is 0.272 e. The van der Waals surface area contributed by atoms with Gasteiger partial charge in [0.1, 0.15) is 17.3 Å². The molecule has 1 saturated heterocycles. The summed E-state index contributed by atoms with van der Waals surface area (Å²) in [6.45, 7) is 6.62. The minimum Gasteiger partial charge on any atom is -0.496 e. The first-order valence-corrected chi connectivity index (χ1v) is 12.4. The molecule has 0 bridgehead atoms. The van der Waals surface area contributed by atoms with Crippen molar-refractivity contribution in [1.82, 2.24) is 19.4 Å². The van der Waals surface area contributed by atoms with Crippen LogP contribution in [0.3, 0.4) is 0 Å². The Balaban J connectivity index is 1.26. The lowest BCUT2D eigenvalue weighted by Crippen LogP contribution is -2.38. The lowest BCUT2D eigenvalue weighted by Gasteiger charge is -2.32. The monoisotopic (exact) mass is 468 g/mol. The number of rotatable bonds is 6. The number of carbonyl (C=O) groups excluding carboxylic acids is 1. The molecule has 6 nitrogen and oxygen atoms in total. The quantitative estimate of drug-likeness (QED) is 0.368. The highest BCUT2D eigenvalue weighted by atomic mass is 16.5. The topological polar surface area (TPSA) is 60.2 Å². The molecular weight excluding hydrogens is 436 g/mol. The molecule has 6 heteroatoms. The Morgan fingerprint density at radius 1 is 1.09 bits per heavy atom. The van der Waals surface area contributed by atoms with Gasteiger partial charge in [0, 0.05) is 49.4 Å². The zero-order chi connectivity index (χ0) is 24.4. The van der Waals surface area contributed by atoms with Crippen LogP contribution < -0.4 is 4.74 Å². The average molecular weight is 469 g/mol. The third-order valence-electron chi connectivity index (χ3n) is 7.01. The van der Waals surface area contributed by atoms with Gasteiger partial charge in [0.25, 0.3) is 5.91 Å². The van der Waals surface area contributed by atoms with Crippen molar-refractivity contribution in [1.29, 1.82) is 0 Å². The van der Waals surface area contributed by atoms with E-state index in [9.17, 15) is 4.79 Å². The van der Waals surface area contributed by atoms with Crippen LogP contribution in [0.25, 0.3) is 10.9 Å². The van der Waals surface area contributed by atoms with Crippen LogP contribution in [0.1, 0.15) is 66.0 Å². The number of likely N-dealkylation sites (tertiary alicyclic amines) is 1. The van der Waals surface area contributed by atoms with E-state index in [0.717, 1.165) is 36.1 Å². The van der Waals surface area contributed by atoms with Gasteiger partial charge in [-0.25, -0.2) is 9.97 Å². The summed E-state index contributed by atoms with van der Waals surface area (Å²) >= 11 is 0. The number of hydrogen-bond donors (Lipinski definition) is 0. The van der Waals surface area contributed by atoms with E-state index in [-0.39, 0.29) is 5.91 Å². The number of carbonyl (C=O) groups is 1. The number of fused-ring (bicyclic) bond motifs is 1. The van der Waals surface area contributed by atoms with Crippen molar-refractivity contribution in [3.05, 3.63) is 89.6 Å². The molecule has 0 atom stereocenters. The predicted molar refractivity (Wildman–Crippen MR) is 138 cm³/mol. The van der Waals surface area contributed by atoms with Gasteiger partial charge in [-0.3, -0.25) is 4.79 Å². The summed E-state index contributed by atoms with van der Waals surface area (Å²) in [7, 11) is 1.63. The number of benzene rings is 2. The van der Waals surface area contributed by atoms with Gasteiger partial charge in [-0.2, -0.15) is 0 Å². The molecule has 1 amide bonds. The van der Waals surface area contributed by atoms with Crippen LogP contribution in [0.15, 0.2) is 67.0 Å². The van der Waals surface area contributed by atoms with Crippen LogP contribution in [-0.4, -0.2) is 45.5 Å². The maximum Gasteiger partial charge on any atom is 0.272 e. The fraction of sp³-hybridized carbons (Fsp3) is 0.345. The van der Waals surface area contributed by atoms with E-state index in [1.54, 1.807) is 13.2 Å². The maximum atomic E-state index is 13.3. The number of nitrogens with zero attached hydrogens (tertiary/aromatic N) is 4. The lowest BCUT2D eigenvalue weighted by molar-refractivity contribution is 0.0704. The van der Waals surface area contributed by atoms with Gasteiger partial charge in [0.15, 0.2) is 0 Å². The first-order valence-electron chi connectivity index (χ1n) is 12.4. The van der Waals surface area contributed by atoms with Crippen LogP contribution in [0, 0.1) is 0 Å². The summed E-state index contributed by atoms with van der Waals surface area (Å²) in [5.74, 6) is 2.61. The van der Waals surface area contributed by atoms with Crippen molar-refractivity contribution in [3.63, 3.8) is 0 Å². The van der Waals surface area contributed by atoms with E-state index in [0.29, 0.717) is 36.4 Å². The predicted octanol–water partition coefficient (Wildman–Crippen LogP) is 5.63. The van der Waals surface area contributed by atoms with Gasteiger partial charge < -0.3 is 14.2 Å². The van der Waals surface area contributed by atoms with E-state index >= 15 is 0 Å². The van der Waals surface area contributed by atoms with Crippen molar-refractivity contribution in [2.24, 2.45) is 0 Å². The number of pyridine rings is 1. The summed E-state index contributed by atoms with van der Waals surface area (Å²) < 4.78 is 7.78. The van der Waals surface area contributed by atoms with E-state index in [4.69, 9.17) is 9.72 Å². The molecule has 3 heterocycles. The standard InChI is InChI=1S/C29H32N4O2/c1-20(2)22-10-8-21(9-11-22)19-33-17-14-30-28(33)23-12-15-32(16-13-23)29(34)26-18-27(35-3)24-6-4-5-7-25(24)31-26/h4-11,14,17-18,20,23H,12-13,15-16,19H2,1-3H3. The van der Waals surface area contributed by atoms with Crippen LogP contribution in [0.5, 0.6) is 5.75 Å². The Kier molecular flexibility index (Phi) is 6.53. The van der Waals surface area contributed by atoms with Crippen LogP contribution >= 0.6 is 0 Å². The van der Waals surface area contributed by atoms with Gasteiger partial charge in [-0.05, 0) is 42.0 Å². The molecule has 0 spiro atoms. The Bertz CT molecular complexity index is 1320. The fourth-order valence-corrected chi connectivity index (χ4v) is 4.94. The molecule has 0 aliphatic carbocycles. The van der Waals surface area contributed by atoms with Crippen molar-refractivity contribution in [3.8, 4) is 5.75 Å². The van der Waals surface area contributed by atoms with Crippen molar-refractivity contribution in [2.45, 2.75) is 45.1 Å².